The largest absolute Gasteiger partial charge is 0.497 e. The number of allylic oxidation sites excluding steroid dienone is 1. The van der Waals surface area contributed by atoms with Gasteiger partial charge in [0.15, 0.2) is 5.78 Å². The van der Waals surface area contributed by atoms with Crippen LogP contribution in [0.1, 0.15) is 41.3 Å². The summed E-state index contributed by atoms with van der Waals surface area (Å²) in [6.07, 6.45) is 3.45. The molecule has 2 nitrogen and oxygen atoms in total. The molecule has 2 heteroatoms. The van der Waals surface area contributed by atoms with Gasteiger partial charge in [0.1, 0.15) is 5.75 Å². The van der Waals surface area contributed by atoms with Crippen molar-refractivity contribution < 1.29 is 9.53 Å². The van der Waals surface area contributed by atoms with E-state index in [0.29, 0.717) is 11.5 Å². The zero-order chi connectivity index (χ0) is 15.2. The highest BCUT2D eigenvalue weighted by atomic mass is 16.5. The van der Waals surface area contributed by atoms with Crippen LogP contribution in [0.2, 0.25) is 0 Å². The maximum absolute atomic E-state index is 12.1. The van der Waals surface area contributed by atoms with Crippen LogP contribution in [0.15, 0.2) is 54.6 Å². The predicted octanol–water partition coefficient (Wildman–Crippen LogP) is 4.71. The molecule has 0 aromatic heterocycles. The second kappa shape index (κ2) is 6.89. The maximum atomic E-state index is 12.1. The highest BCUT2D eigenvalue weighted by molar-refractivity contribution is 6.06. The molecule has 0 radical (unpaired) electrons. The third-order valence-electron chi connectivity index (χ3n) is 3.40. The van der Waals surface area contributed by atoms with E-state index in [9.17, 15) is 4.79 Å². The lowest BCUT2D eigenvalue weighted by atomic mass is 10.0. The van der Waals surface area contributed by atoms with E-state index in [2.05, 4.69) is 26.0 Å². The Morgan fingerprint density at radius 2 is 1.62 bits per heavy atom. The van der Waals surface area contributed by atoms with Crippen molar-refractivity contribution in [1.82, 2.24) is 0 Å². The van der Waals surface area contributed by atoms with Gasteiger partial charge in [-0.15, -0.1) is 0 Å². The van der Waals surface area contributed by atoms with Crippen molar-refractivity contribution in [3.05, 3.63) is 71.3 Å². The van der Waals surface area contributed by atoms with Crippen molar-refractivity contribution in [3.63, 3.8) is 0 Å². The zero-order valence-corrected chi connectivity index (χ0v) is 12.7. The first-order valence-corrected chi connectivity index (χ1v) is 7.06. The summed E-state index contributed by atoms with van der Waals surface area (Å²) >= 11 is 0. The number of ether oxygens (including phenoxy) is 1. The standard InChI is InChI=1S/C19H20O2/c1-14(2)16-7-4-15(5-8-16)6-13-19(20)17-9-11-18(21-3)12-10-17/h4-14H,1-3H3/b13-6-. The van der Waals surface area contributed by atoms with Gasteiger partial charge < -0.3 is 4.74 Å². The Bertz CT molecular complexity index is 620. The maximum Gasteiger partial charge on any atom is 0.185 e. The molecule has 0 aliphatic heterocycles. The lowest BCUT2D eigenvalue weighted by molar-refractivity contribution is 0.104. The van der Waals surface area contributed by atoms with Crippen molar-refractivity contribution in [2.45, 2.75) is 19.8 Å². The Balaban J connectivity index is 2.07. The Kier molecular flexibility index (Phi) is 4.94. The fraction of sp³-hybridized carbons (Fsp3) is 0.211. The minimum Gasteiger partial charge on any atom is -0.497 e. The van der Waals surface area contributed by atoms with Gasteiger partial charge in [0.25, 0.3) is 0 Å². The van der Waals surface area contributed by atoms with Crippen LogP contribution in [0.4, 0.5) is 0 Å². The molecule has 0 spiro atoms. The van der Waals surface area contributed by atoms with Gasteiger partial charge in [0, 0.05) is 5.56 Å². The Hall–Kier alpha value is -2.35. The van der Waals surface area contributed by atoms with E-state index >= 15 is 0 Å². The monoisotopic (exact) mass is 280 g/mol. The van der Waals surface area contributed by atoms with Crippen molar-refractivity contribution in [1.29, 1.82) is 0 Å². The van der Waals surface area contributed by atoms with Crippen LogP contribution in [0.25, 0.3) is 6.08 Å². The second-order valence-corrected chi connectivity index (χ2v) is 5.25. The lowest BCUT2D eigenvalue weighted by Gasteiger charge is -2.04. The van der Waals surface area contributed by atoms with Crippen molar-refractivity contribution >= 4 is 11.9 Å². The van der Waals surface area contributed by atoms with E-state index in [4.69, 9.17) is 4.74 Å². The Morgan fingerprint density at radius 1 is 1.00 bits per heavy atom. The topological polar surface area (TPSA) is 26.3 Å². The summed E-state index contributed by atoms with van der Waals surface area (Å²) in [6, 6.07) is 15.4. The Morgan fingerprint density at radius 3 is 2.14 bits per heavy atom. The summed E-state index contributed by atoms with van der Waals surface area (Å²) in [4.78, 5) is 12.1. The van der Waals surface area contributed by atoms with E-state index in [1.165, 1.54) is 5.56 Å². The third kappa shape index (κ3) is 4.06. The summed E-state index contributed by atoms with van der Waals surface area (Å²) < 4.78 is 5.08. The van der Waals surface area contributed by atoms with Crippen LogP contribution >= 0.6 is 0 Å². The van der Waals surface area contributed by atoms with E-state index in [-0.39, 0.29) is 5.78 Å². The minimum atomic E-state index is -0.00871. The minimum absolute atomic E-state index is 0.00871. The molecular weight excluding hydrogens is 260 g/mol. The fourth-order valence-electron chi connectivity index (χ4n) is 2.02. The highest BCUT2D eigenvalue weighted by Crippen LogP contribution is 2.16. The number of carbonyl (C=O) groups excluding carboxylic acids is 1. The van der Waals surface area contributed by atoms with Crippen LogP contribution in [0, 0.1) is 0 Å². The fourth-order valence-corrected chi connectivity index (χ4v) is 2.02. The molecule has 2 rings (SSSR count). The molecule has 21 heavy (non-hydrogen) atoms. The van der Waals surface area contributed by atoms with E-state index in [1.54, 1.807) is 37.5 Å². The second-order valence-electron chi connectivity index (χ2n) is 5.25. The number of carbonyl (C=O) groups is 1. The van der Waals surface area contributed by atoms with Crippen molar-refractivity contribution in [2.75, 3.05) is 7.11 Å². The average Bonchev–Trinajstić information content (AvgIpc) is 2.53. The van der Waals surface area contributed by atoms with Gasteiger partial charge in [-0.05, 0) is 47.4 Å². The highest BCUT2D eigenvalue weighted by Gasteiger charge is 2.02. The molecule has 108 valence electrons. The van der Waals surface area contributed by atoms with Crippen LogP contribution < -0.4 is 4.74 Å². The summed E-state index contributed by atoms with van der Waals surface area (Å²) in [5.74, 6) is 1.26. The van der Waals surface area contributed by atoms with E-state index in [1.807, 2.05) is 18.2 Å². The zero-order valence-electron chi connectivity index (χ0n) is 12.7. The number of benzene rings is 2. The lowest BCUT2D eigenvalue weighted by Crippen LogP contribution is -1.94. The van der Waals surface area contributed by atoms with Crippen molar-refractivity contribution in [2.24, 2.45) is 0 Å². The normalized spacial score (nSPS) is 11.0. The van der Waals surface area contributed by atoms with Gasteiger partial charge in [-0.3, -0.25) is 4.79 Å². The molecule has 0 aliphatic rings. The molecule has 0 amide bonds. The SMILES string of the molecule is COc1ccc(C(=O)/C=C\c2ccc(C(C)C)cc2)cc1. The predicted molar refractivity (Wildman–Crippen MR) is 86.9 cm³/mol. The van der Waals surface area contributed by atoms with E-state index < -0.39 is 0 Å². The first-order valence-electron chi connectivity index (χ1n) is 7.06. The van der Waals surface area contributed by atoms with Gasteiger partial charge in [0.05, 0.1) is 7.11 Å². The van der Waals surface area contributed by atoms with Crippen LogP contribution in [0.5, 0.6) is 5.75 Å². The molecule has 0 N–H and O–H groups in total. The first-order chi connectivity index (χ1) is 10.1. The van der Waals surface area contributed by atoms with Gasteiger partial charge >= 0.3 is 0 Å². The number of methoxy groups -OCH3 is 1. The summed E-state index contributed by atoms with van der Waals surface area (Å²) in [6.45, 7) is 4.33. The van der Waals surface area contributed by atoms with Crippen LogP contribution in [0.3, 0.4) is 0 Å². The molecule has 0 bridgehead atoms. The molecule has 0 aliphatic carbocycles. The van der Waals surface area contributed by atoms with Crippen molar-refractivity contribution in [3.8, 4) is 5.75 Å². The molecule has 0 unspecified atom stereocenters. The summed E-state index contributed by atoms with van der Waals surface area (Å²) in [5.41, 5.74) is 2.99. The molecule has 0 fully saturated rings. The Labute approximate surface area is 126 Å². The molecule has 0 atom stereocenters. The van der Waals surface area contributed by atoms with E-state index in [0.717, 1.165) is 11.3 Å². The number of hydrogen-bond donors (Lipinski definition) is 0. The average molecular weight is 280 g/mol. The smallest absolute Gasteiger partial charge is 0.185 e. The molecule has 0 heterocycles. The van der Waals surface area contributed by atoms with Gasteiger partial charge in [-0.1, -0.05) is 44.2 Å². The van der Waals surface area contributed by atoms with Crippen LogP contribution in [-0.2, 0) is 0 Å². The summed E-state index contributed by atoms with van der Waals surface area (Å²) in [7, 11) is 1.61. The van der Waals surface area contributed by atoms with Gasteiger partial charge in [-0.2, -0.15) is 0 Å². The first kappa shape index (κ1) is 15.0. The van der Waals surface area contributed by atoms with Gasteiger partial charge in [-0.25, -0.2) is 0 Å². The third-order valence-corrected chi connectivity index (χ3v) is 3.40. The molecule has 0 saturated heterocycles. The van der Waals surface area contributed by atoms with Gasteiger partial charge in [0.2, 0.25) is 0 Å². The number of hydrogen-bond acceptors (Lipinski definition) is 2. The van der Waals surface area contributed by atoms with Crippen LogP contribution in [-0.4, -0.2) is 12.9 Å². The molecular formula is C19H20O2. The molecule has 2 aromatic rings. The quantitative estimate of drug-likeness (QED) is 0.585. The number of rotatable bonds is 5. The number of ketones is 1. The summed E-state index contributed by atoms with van der Waals surface area (Å²) in [5, 5.41) is 0. The molecule has 2 aromatic carbocycles. The molecule has 0 saturated carbocycles.